The van der Waals surface area contributed by atoms with Crippen LogP contribution in [0.4, 0.5) is 4.39 Å². The molecular weight excluding hydrogens is 251 g/mol. The molecule has 1 heterocycles. The molecule has 0 aliphatic rings. The van der Waals surface area contributed by atoms with E-state index < -0.39 is 11.9 Å². The van der Waals surface area contributed by atoms with Crippen molar-refractivity contribution < 1.29 is 14.2 Å². The lowest BCUT2D eigenvalue weighted by Crippen LogP contribution is -2.03. The minimum Gasteiger partial charge on any atom is -0.497 e. The van der Waals surface area contributed by atoms with Gasteiger partial charge in [-0.2, -0.15) is 0 Å². The average Bonchev–Trinajstić information content (AvgIpc) is 2.86. The molecule has 96 valence electrons. The largest absolute Gasteiger partial charge is 0.497 e. The van der Waals surface area contributed by atoms with E-state index in [1.807, 2.05) is 18.4 Å². The van der Waals surface area contributed by atoms with E-state index >= 15 is 0 Å². The number of benzene rings is 1. The number of methoxy groups -OCH3 is 1. The monoisotopic (exact) mass is 266 g/mol. The zero-order valence-corrected chi connectivity index (χ0v) is 11.1. The van der Waals surface area contributed by atoms with Crippen molar-refractivity contribution >= 4 is 11.3 Å². The zero-order chi connectivity index (χ0) is 13.1. The Morgan fingerprint density at radius 1 is 1.39 bits per heavy atom. The van der Waals surface area contributed by atoms with Crippen LogP contribution in [0.3, 0.4) is 0 Å². The second-order valence-electron chi connectivity index (χ2n) is 3.95. The van der Waals surface area contributed by atoms with Crippen molar-refractivity contribution in [2.24, 2.45) is 0 Å². The van der Waals surface area contributed by atoms with E-state index in [4.69, 9.17) is 4.74 Å². The molecule has 0 radical (unpaired) electrons. The molecule has 1 N–H and O–H groups in total. The summed E-state index contributed by atoms with van der Waals surface area (Å²) in [6, 6.07) is 6.47. The lowest BCUT2D eigenvalue weighted by Gasteiger charge is -2.13. The van der Waals surface area contributed by atoms with Gasteiger partial charge in [0.1, 0.15) is 17.7 Å². The maximum absolute atomic E-state index is 13.9. The molecule has 2 rings (SSSR count). The van der Waals surface area contributed by atoms with E-state index in [1.54, 1.807) is 12.1 Å². The number of hydrogen-bond acceptors (Lipinski definition) is 3. The highest BCUT2D eigenvalue weighted by Crippen LogP contribution is 2.32. The number of hydrogen-bond donors (Lipinski definition) is 1. The van der Waals surface area contributed by atoms with Gasteiger partial charge in [-0.3, -0.25) is 0 Å². The van der Waals surface area contributed by atoms with Crippen LogP contribution in [-0.2, 0) is 6.42 Å². The number of rotatable bonds is 4. The van der Waals surface area contributed by atoms with Crippen LogP contribution in [0, 0.1) is 5.82 Å². The highest BCUT2D eigenvalue weighted by molar-refractivity contribution is 7.10. The number of thiophene rings is 1. The third kappa shape index (κ3) is 2.40. The lowest BCUT2D eigenvalue weighted by atomic mass is 10.0. The molecule has 1 atom stereocenters. The summed E-state index contributed by atoms with van der Waals surface area (Å²) in [6.07, 6.45) is -0.0842. The van der Waals surface area contributed by atoms with Crippen molar-refractivity contribution in [2.75, 3.05) is 7.11 Å². The Labute approximate surface area is 110 Å². The number of ether oxygens (including phenoxy) is 1. The van der Waals surface area contributed by atoms with Crippen LogP contribution in [0.1, 0.15) is 29.0 Å². The van der Waals surface area contributed by atoms with Gasteiger partial charge in [-0.05, 0) is 35.6 Å². The Kier molecular flexibility index (Phi) is 3.99. The first-order valence-corrected chi connectivity index (χ1v) is 6.63. The van der Waals surface area contributed by atoms with Gasteiger partial charge in [0.05, 0.1) is 7.11 Å². The molecular formula is C14H15FO2S. The quantitative estimate of drug-likeness (QED) is 0.917. The maximum Gasteiger partial charge on any atom is 0.133 e. The fourth-order valence-corrected chi connectivity index (χ4v) is 2.88. The van der Waals surface area contributed by atoms with Crippen molar-refractivity contribution in [3.05, 3.63) is 51.5 Å². The molecule has 2 aromatic rings. The molecule has 0 bridgehead atoms. The second kappa shape index (κ2) is 5.50. The Morgan fingerprint density at radius 2 is 2.17 bits per heavy atom. The molecule has 1 aromatic heterocycles. The fourth-order valence-electron chi connectivity index (χ4n) is 1.88. The predicted molar refractivity (Wildman–Crippen MR) is 70.7 cm³/mol. The molecule has 0 aliphatic heterocycles. The van der Waals surface area contributed by atoms with Crippen LogP contribution >= 0.6 is 11.3 Å². The molecule has 0 amide bonds. The summed E-state index contributed by atoms with van der Waals surface area (Å²) in [5.74, 6) is 0.00245. The summed E-state index contributed by atoms with van der Waals surface area (Å²) in [6.45, 7) is 2.02. The molecule has 0 saturated carbocycles. The fraction of sp³-hybridized carbons (Fsp3) is 0.286. The first-order chi connectivity index (χ1) is 8.67. The van der Waals surface area contributed by atoms with E-state index in [-0.39, 0.29) is 5.56 Å². The molecule has 0 spiro atoms. The molecule has 4 heteroatoms. The molecule has 0 fully saturated rings. The lowest BCUT2D eigenvalue weighted by molar-refractivity contribution is 0.217. The van der Waals surface area contributed by atoms with Crippen LogP contribution in [-0.4, -0.2) is 12.2 Å². The Morgan fingerprint density at radius 3 is 2.78 bits per heavy atom. The maximum atomic E-state index is 13.9. The smallest absolute Gasteiger partial charge is 0.133 e. The van der Waals surface area contributed by atoms with Gasteiger partial charge >= 0.3 is 0 Å². The molecule has 0 saturated heterocycles. The van der Waals surface area contributed by atoms with Crippen molar-refractivity contribution in [1.29, 1.82) is 0 Å². The molecule has 2 nitrogen and oxygen atoms in total. The van der Waals surface area contributed by atoms with Crippen LogP contribution in [0.2, 0.25) is 0 Å². The van der Waals surface area contributed by atoms with Crippen LogP contribution in [0.5, 0.6) is 5.75 Å². The minimum atomic E-state index is -0.911. The van der Waals surface area contributed by atoms with Crippen molar-refractivity contribution in [3.8, 4) is 5.75 Å². The van der Waals surface area contributed by atoms with E-state index in [2.05, 4.69) is 0 Å². The van der Waals surface area contributed by atoms with E-state index in [9.17, 15) is 9.50 Å². The Balaban J connectivity index is 2.37. The van der Waals surface area contributed by atoms with E-state index in [1.165, 1.54) is 24.5 Å². The van der Waals surface area contributed by atoms with Gasteiger partial charge in [-0.15, -0.1) is 11.3 Å². The summed E-state index contributed by atoms with van der Waals surface area (Å²) in [5.41, 5.74) is 1.34. The highest BCUT2D eigenvalue weighted by Gasteiger charge is 2.19. The van der Waals surface area contributed by atoms with Gasteiger partial charge in [-0.25, -0.2) is 4.39 Å². The van der Waals surface area contributed by atoms with Crippen molar-refractivity contribution in [1.82, 2.24) is 0 Å². The topological polar surface area (TPSA) is 29.5 Å². The molecule has 18 heavy (non-hydrogen) atoms. The van der Waals surface area contributed by atoms with Crippen molar-refractivity contribution in [2.45, 2.75) is 19.4 Å². The van der Waals surface area contributed by atoms with Crippen LogP contribution in [0.15, 0.2) is 29.6 Å². The molecule has 0 aliphatic carbocycles. The normalized spacial score (nSPS) is 12.4. The highest BCUT2D eigenvalue weighted by atomic mass is 32.1. The minimum absolute atomic E-state index is 0.285. The summed E-state index contributed by atoms with van der Waals surface area (Å²) < 4.78 is 18.8. The number of aliphatic hydroxyl groups is 1. The van der Waals surface area contributed by atoms with Gasteiger partial charge in [0.2, 0.25) is 0 Å². The summed E-state index contributed by atoms with van der Waals surface area (Å²) in [4.78, 5) is 0.807. The molecule has 1 unspecified atom stereocenters. The second-order valence-corrected chi connectivity index (χ2v) is 4.90. The number of halogens is 1. The summed E-state index contributed by atoms with van der Waals surface area (Å²) in [7, 11) is 1.49. The Hall–Kier alpha value is -1.39. The predicted octanol–water partition coefficient (Wildman–Crippen LogP) is 3.54. The third-order valence-corrected chi connectivity index (χ3v) is 3.92. The van der Waals surface area contributed by atoms with Gasteiger partial charge in [0, 0.05) is 16.5 Å². The SMILES string of the molecule is CCc1ccsc1C(O)c1ccc(OC)cc1F. The van der Waals surface area contributed by atoms with Crippen LogP contribution in [0.25, 0.3) is 0 Å². The first kappa shape index (κ1) is 13.1. The van der Waals surface area contributed by atoms with Crippen molar-refractivity contribution in [3.63, 3.8) is 0 Å². The van der Waals surface area contributed by atoms with Gasteiger partial charge < -0.3 is 9.84 Å². The van der Waals surface area contributed by atoms with Crippen LogP contribution < -0.4 is 4.74 Å². The Bertz CT molecular complexity index is 536. The number of aliphatic hydroxyl groups excluding tert-OH is 1. The number of aryl methyl sites for hydroxylation is 1. The van der Waals surface area contributed by atoms with Gasteiger partial charge in [-0.1, -0.05) is 6.92 Å². The van der Waals surface area contributed by atoms with E-state index in [0.717, 1.165) is 16.9 Å². The molecule has 1 aromatic carbocycles. The zero-order valence-electron chi connectivity index (χ0n) is 10.3. The summed E-state index contributed by atoms with van der Waals surface area (Å²) in [5, 5.41) is 12.2. The van der Waals surface area contributed by atoms with Gasteiger partial charge in [0.15, 0.2) is 0 Å². The van der Waals surface area contributed by atoms with Gasteiger partial charge in [0.25, 0.3) is 0 Å². The third-order valence-electron chi connectivity index (χ3n) is 2.91. The summed E-state index contributed by atoms with van der Waals surface area (Å²) >= 11 is 1.45. The first-order valence-electron chi connectivity index (χ1n) is 5.75. The van der Waals surface area contributed by atoms with E-state index in [0.29, 0.717) is 5.75 Å². The standard InChI is InChI=1S/C14H15FO2S/c1-3-9-6-7-18-14(9)13(16)11-5-4-10(17-2)8-12(11)15/h4-8,13,16H,3H2,1-2H3. The average molecular weight is 266 g/mol.